The molecule has 1 aromatic heterocycles. The molecule has 0 radical (unpaired) electrons. The zero-order valence-corrected chi connectivity index (χ0v) is 14.6. The maximum absolute atomic E-state index is 12.8. The molecule has 1 aromatic carbocycles. The van der Waals surface area contributed by atoms with E-state index in [0.29, 0.717) is 24.6 Å². The van der Waals surface area contributed by atoms with Gasteiger partial charge in [0.15, 0.2) is 0 Å². The summed E-state index contributed by atoms with van der Waals surface area (Å²) in [6, 6.07) is 3.34. The van der Waals surface area contributed by atoms with Crippen molar-refractivity contribution in [1.29, 1.82) is 0 Å². The number of benzene rings is 1. The molecule has 3 rings (SSSR count). The lowest BCUT2D eigenvalue weighted by atomic mass is 10.1. The van der Waals surface area contributed by atoms with Crippen LogP contribution in [0, 0.1) is 0 Å². The minimum Gasteiger partial charge on any atom is -0.381 e. The highest BCUT2D eigenvalue weighted by Crippen LogP contribution is 2.31. The van der Waals surface area contributed by atoms with E-state index >= 15 is 0 Å². The van der Waals surface area contributed by atoms with Gasteiger partial charge in [0.05, 0.1) is 23.1 Å². The number of amides is 2. The Morgan fingerprint density at radius 1 is 1.38 bits per heavy atom. The number of hydrogen-bond acceptors (Lipinski definition) is 3. The van der Waals surface area contributed by atoms with Gasteiger partial charge in [-0.2, -0.15) is 13.2 Å². The Morgan fingerprint density at radius 3 is 2.73 bits per heavy atom. The van der Waals surface area contributed by atoms with Crippen LogP contribution in [-0.4, -0.2) is 46.8 Å². The fourth-order valence-corrected chi connectivity index (χ4v) is 3.10. The standard InChI is InChI=1S/C17H21F3N4O2/c1-23(12-5-7-26-8-6-12)16(25)21-10-15-22-13-9-11(17(18,19)20)3-4-14(13)24(15)2/h3-4,9,12H,5-8,10H2,1-2H3,(H,21,25). The Hall–Kier alpha value is -2.29. The average molecular weight is 370 g/mol. The lowest BCUT2D eigenvalue weighted by Gasteiger charge is -2.31. The number of hydrogen-bond donors (Lipinski definition) is 1. The third-order valence-corrected chi connectivity index (χ3v) is 4.76. The molecule has 2 heterocycles. The summed E-state index contributed by atoms with van der Waals surface area (Å²) >= 11 is 0. The number of rotatable bonds is 3. The number of carbonyl (C=O) groups is 1. The van der Waals surface area contributed by atoms with Crippen molar-refractivity contribution in [2.75, 3.05) is 20.3 Å². The monoisotopic (exact) mass is 370 g/mol. The zero-order valence-electron chi connectivity index (χ0n) is 14.6. The molecule has 0 aliphatic carbocycles. The Bertz CT molecular complexity index is 797. The minimum atomic E-state index is -4.41. The van der Waals surface area contributed by atoms with Gasteiger partial charge < -0.3 is 19.5 Å². The van der Waals surface area contributed by atoms with Gasteiger partial charge in [-0.3, -0.25) is 0 Å². The van der Waals surface area contributed by atoms with E-state index in [0.717, 1.165) is 25.0 Å². The first-order valence-electron chi connectivity index (χ1n) is 8.38. The fourth-order valence-electron chi connectivity index (χ4n) is 3.10. The Labute approximate surface area is 148 Å². The molecule has 6 nitrogen and oxygen atoms in total. The second-order valence-electron chi connectivity index (χ2n) is 6.40. The lowest BCUT2D eigenvalue weighted by molar-refractivity contribution is -0.137. The molecular weight excluding hydrogens is 349 g/mol. The van der Waals surface area contributed by atoms with E-state index in [1.165, 1.54) is 6.07 Å². The second-order valence-corrected chi connectivity index (χ2v) is 6.40. The highest BCUT2D eigenvalue weighted by atomic mass is 19.4. The smallest absolute Gasteiger partial charge is 0.381 e. The van der Waals surface area contributed by atoms with E-state index in [-0.39, 0.29) is 24.1 Å². The van der Waals surface area contributed by atoms with Crippen molar-refractivity contribution in [3.8, 4) is 0 Å². The number of ether oxygens (including phenoxy) is 1. The van der Waals surface area contributed by atoms with Crippen LogP contribution >= 0.6 is 0 Å². The van der Waals surface area contributed by atoms with Crippen LogP contribution in [0.5, 0.6) is 0 Å². The Kier molecular flexibility index (Phi) is 5.08. The number of aromatic nitrogens is 2. The summed E-state index contributed by atoms with van der Waals surface area (Å²) in [7, 11) is 3.45. The molecule has 2 aromatic rings. The fraction of sp³-hybridized carbons (Fsp3) is 0.529. The summed E-state index contributed by atoms with van der Waals surface area (Å²) in [5.74, 6) is 0.494. The number of alkyl halides is 3. The Balaban J connectivity index is 1.70. The van der Waals surface area contributed by atoms with Crippen molar-refractivity contribution in [3.63, 3.8) is 0 Å². The third kappa shape index (κ3) is 3.77. The van der Waals surface area contributed by atoms with Crippen LogP contribution in [0.4, 0.5) is 18.0 Å². The summed E-state index contributed by atoms with van der Waals surface area (Å²) < 4.78 is 45.5. The van der Waals surface area contributed by atoms with Crippen molar-refractivity contribution in [3.05, 3.63) is 29.6 Å². The van der Waals surface area contributed by atoms with E-state index in [9.17, 15) is 18.0 Å². The quantitative estimate of drug-likeness (QED) is 0.904. The van der Waals surface area contributed by atoms with E-state index in [1.54, 1.807) is 23.6 Å². The van der Waals surface area contributed by atoms with Gasteiger partial charge in [0.25, 0.3) is 0 Å². The highest BCUT2D eigenvalue weighted by molar-refractivity contribution is 5.77. The molecule has 0 unspecified atom stereocenters. The predicted octanol–water partition coefficient (Wildman–Crippen LogP) is 2.91. The van der Waals surface area contributed by atoms with Crippen LogP contribution < -0.4 is 5.32 Å². The lowest BCUT2D eigenvalue weighted by Crippen LogP contribution is -2.45. The van der Waals surface area contributed by atoms with Crippen molar-refractivity contribution in [2.45, 2.75) is 31.6 Å². The SMILES string of the molecule is CN(C(=O)NCc1nc2cc(C(F)(F)F)ccc2n1C)C1CCOCC1. The first-order chi connectivity index (χ1) is 12.3. The summed E-state index contributed by atoms with van der Waals surface area (Å²) in [6.45, 7) is 1.40. The molecule has 1 fully saturated rings. The van der Waals surface area contributed by atoms with E-state index in [1.807, 2.05) is 0 Å². The molecule has 142 valence electrons. The molecule has 0 bridgehead atoms. The highest BCUT2D eigenvalue weighted by Gasteiger charge is 2.31. The van der Waals surface area contributed by atoms with Crippen LogP contribution in [0.3, 0.4) is 0 Å². The van der Waals surface area contributed by atoms with E-state index < -0.39 is 11.7 Å². The summed E-state index contributed by atoms with van der Waals surface area (Å²) in [5.41, 5.74) is 0.0994. The predicted molar refractivity (Wildman–Crippen MR) is 89.6 cm³/mol. The summed E-state index contributed by atoms with van der Waals surface area (Å²) in [5, 5.41) is 2.78. The van der Waals surface area contributed by atoms with Gasteiger partial charge >= 0.3 is 12.2 Å². The normalized spacial score (nSPS) is 16.0. The number of imidazole rings is 1. The Morgan fingerprint density at radius 2 is 2.08 bits per heavy atom. The summed E-state index contributed by atoms with van der Waals surface area (Å²) in [4.78, 5) is 18.2. The molecule has 1 saturated heterocycles. The molecule has 26 heavy (non-hydrogen) atoms. The number of nitrogens with one attached hydrogen (secondary N) is 1. The molecule has 0 atom stereocenters. The number of urea groups is 1. The molecule has 2 amide bonds. The molecule has 9 heteroatoms. The number of fused-ring (bicyclic) bond motifs is 1. The van der Waals surface area contributed by atoms with Crippen LogP contribution in [0.1, 0.15) is 24.2 Å². The maximum atomic E-state index is 12.8. The van der Waals surface area contributed by atoms with E-state index in [4.69, 9.17) is 4.74 Å². The second kappa shape index (κ2) is 7.14. The van der Waals surface area contributed by atoms with Crippen LogP contribution in [0.25, 0.3) is 11.0 Å². The summed E-state index contributed by atoms with van der Waals surface area (Å²) in [6.07, 6.45) is -2.83. The van der Waals surface area contributed by atoms with Crippen molar-refractivity contribution < 1.29 is 22.7 Å². The number of aryl methyl sites for hydroxylation is 1. The van der Waals surface area contributed by atoms with Crippen molar-refractivity contribution in [2.24, 2.45) is 7.05 Å². The van der Waals surface area contributed by atoms with Gasteiger partial charge in [0.1, 0.15) is 5.82 Å². The molecule has 0 saturated carbocycles. The van der Waals surface area contributed by atoms with Gasteiger partial charge in [-0.25, -0.2) is 9.78 Å². The molecule has 1 aliphatic heterocycles. The largest absolute Gasteiger partial charge is 0.416 e. The van der Waals surface area contributed by atoms with Gasteiger partial charge in [-0.1, -0.05) is 0 Å². The maximum Gasteiger partial charge on any atom is 0.416 e. The third-order valence-electron chi connectivity index (χ3n) is 4.76. The minimum absolute atomic E-state index is 0.124. The first-order valence-corrected chi connectivity index (χ1v) is 8.38. The number of carbonyl (C=O) groups excluding carboxylic acids is 1. The number of halogens is 3. The average Bonchev–Trinajstić information content (AvgIpc) is 2.94. The van der Waals surface area contributed by atoms with Gasteiger partial charge in [-0.05, 0) is 31.0 Å². The van der Waals surface area contributed by atoms with Crippen LogP contribution in [-0.2, 0) is 24.5 Å². The van der Waals surface area contributed by atoms with Gasteiger partial charge in [0.2, 0.25) is 0 Å². The van der Waals surface area contributed by atoms with Crippen LogP contribution in [0.2, 0.25) is 0 Å². The van der Waals surface area contributed by atoms with Crippen molar-refractivity contribution >= 4 is 17.1 Å². The molecule has 1 aliphatic rings. The van der Waals surface area contributed by atoms with Crippen molar-refractivity contribution in [1.82, 2.24) is 19.8 Å². The first kappa shape index (κ1) is 18.5. The zero-order chi connectivity index (χ0) is 18.9. The van der Waals surface area contributed by atoms with Crippen LogP contribution in [0.15, 0.2) is 18.2 Å². The van der Waals surface area contributed by atoms with Gasteiger partial charge in [-0.15, -0.1) is 0 Å². The topological polar surface area (TPSA) is 59.4 Å². The van der Waals surface area contributed by atoms with E-state index in [2.05, 4.69) is 10.3 Å². The number of nitrogens with zero attached hydrogens (tertiary/aromatic N) is 3. The van der Waals surface area contributed by atoms with Gasteiger partial charge in [0, 0.05) is 33.4 Å². The molecule has 1 N–H and O–H groups in total. The molecule has 0 spiro atoms. The molecular formula is C17H21F3N4O2.